The lowest BCUT2D eigenvalue weighted by Crippen LogP contribution is -2.50. The van der Waals surface area contributed by atoms with Crippen molar-refractivity contribution in [3.63, 3.8) is 0 Å². The maximum absolute atomic E-state index is 12.5. The number of likely N-dealkylation sites (tertiary alicyclic amines) is 1. The molecule has 1 aliphatic rings. The van der Waals surface area contributed by atoms with Crippen molar-refractivity contribution in [1.82, 2.24) is 4.90 Å². The molecular formula is C19H29NO2. The van der Waals surface area contributed by atoms with Gasteiger partial charge in [0.15, 0.2) is 0 Å². The second kappa shape index (κ2) is 7.17. The Labute approximate surface area is 134 Å². The quantitative estimate of drug-likeness (QED) is 0.803. The molecule has 122 valence electrons. The lowest BCUT2D eigenvalue weighted by atomic mass is 9.92. The predicted octanol–water partition coefficient (Wildman–Crippen LogP) is 4.80. The SMILES string of the molecule is C[C@H]1CCC[C@H](CCc2ccccc2)N1C(=O)OC(C)(C)C. The molecule has 0 spiro atoms. The fourth-order valence-corrected chi connectivity index (χ4v) is 3.19. The van der Waals surface area contributed by atoms with Crippen molar-refractivity contribution >= 4 is 6.09 Å². The van der Waals surface area contributed by atoms with Crippen LogP contribution in [0.25, 0.3) is 0 Å². The van der Waals surface area contributed by atoms with Gasteiger partial charge in [-0.15, -0.1) is 0 Å². The summed E-state index contributed by atoms with van der Waals surface area (Å²) in [7, 11) is 0. The zero-order valence-electron chi connectivity index (χ0n) is 14.3. The van der Waals surface area contributed by atoms with Gasteiger partial charge in [-0.2, -0.15) is 0 Å². The summed E-state index contributed by atoms with van der Waals surface area (Å²) in [6.07, 6.45) is 5.21. The van der Waals surface area contributed by atoms with Gasteiger partial charge in [-0.25, -0.2) is 4.79 Å². The third kappa shape index (κ3) is 4.75. The van der Waals surface area contributed by atoms with Gasteiger partial charge >= 0.3 is 6.09 Å². The van der Waals surface area contributed by atoms with Gasteiger partial charge in [0.25, 0.3) is 0 Å². The van der Waals surface area contributed by atoms with Crippen LogP contribution < -0.4 is 0 Å². The number of piperidine rings is 1. The first-order valence-electron chi connectivity index (χ1n) is 8.42. The largest absolute Gasteiger partial charge is 0.444 e. The summed E-state index contributed by atoms with van der Waals surface area (Å²) in [4.78, 5) is 14.5. The number of carbonyl (C=O) groups is 1. The maximum Gasteiger partial charge on any atom is 0.410 e. The number of nitrogens with zero attached hydrogens (tertiary/aromatic N) is 1. The van der Waals surface area contributed by atoms with Crippen molar-refractivity contribution in [2.24, 2.45) is 0 Å². The summed E-state index contributed by atoms with van der Waals surface area (Å²) < 4.78 is 5.62. The van der Waals surface area contributed by atoms with Crippen LogP contribution in [0, 0.1) is 0 Å². The van der Waals surface area contributed by atoms with Crippen LogP contribution >= 0.6 is 0 Å². The predicted molar refractivity (Wildman–Crippen MR) is 89.9 cm³/mol. The van der Waals surface area contributed by atoms with E-state index < -0.39 is 5.60 Å². The Hall–Kier alpha value is -1.51. The molecule has 2 atom stereocenters. The highest BCUT2D eigenvalue weighted by Crippen LogP contribution is 2.28. The van der Waals surface area contributed by atoms with E-state index in [2.05, 4.69) is 31.2 Å². The van der Waals surface area contributed by atoms with Crippen LogP contribution in [0.15, 0.2) is 30.3 Å². The molecule has 0 saturated carbocycles. The van der Waals surface area contributed by atoms with Gasteiger partial charge in [-0.05, 0) is 65.4 Å². The number of amides is 1. The molecule has 1 aromatic rings. The fourth-order valence-electron chi connectivity index (χ4n) is 3.19. The Morgan fingerprint density at radius 3 is 2.55 bits per heavy atom. The molecule has 3 nitrogen and oxygen atoms in total. The first-order valence-corrected chi connectivity index (χ1v) is 8.42. The van der Waals surface area contributed by atoms with Crippen LogP contribution in [0.2, 0.25) is 0 Å². The fraction of sp³-hybridized carbons (Fsp3) is 0.632. The third-order valence-corrected chi connectivity index (χ3v) is 4.24. The number of rotatable bonds is 3. The van der Waals surface area contributed by atoms with Crippen molar-refractivity contribution in [2.45, 2.75) is 77.5 Å². The molecule has 1 amide bonds. The van der Waals surface area contributed by atoms with E-state index in [4.69, 9.17) is 4.74 Å². The summed E-state index contributed by atoms with van der Waals surface area (Å²) in [6, 6.07) is 11.1. The number of benzene rings is 1. The lowest BCUT2D eigenvalue weighted by Gasteiger charge is -2.41. The van der Waals surface area contributed by atoms with E-state index >= 15 is 0 Å². The molecule has 0 aromatic heterocycles. The van der Waals surface area contributed by atoms with Gasteiger partial charge < -0.3 is 9.64 Å². The highest BCUT2D eigenvalue weighted by Gasteiger charge is 2.34. The molecule has 1 fully saturated rings. The minimum absolute atomic E-state index is 0.155. The Bertz CT molecular complexity index is 478. The minimum atomic E-state index is -0.432. The molecule has 0 bridgehead atoms. The molecule has 0 unspecified atom stereocenters. The number of ether oxygens (including phenoxy) is 1. The highest BCUT2D eigenvalue weighted by molar-refractivity contribution is 5.69. The molecule has 1 aliphatic heterocycles. The van der Waals surface area contributed by atoms with Crippen LogP contribution in [-0.4, -0.2) is 28.7 Å². The van der Waals surface area contributed by atoms with Gasteiger partial charge in [0.1, 0.15) is 5.60 Å². The average molecular weight is 303 g/mol. The van der Waals surface area contributed by atoms with E-state index in [1.54, 1.807) is 0 Å². The Kier molecular flexibility index (Phi) is 5.49. The number of carbonyl (C=O) groups excluding carboxylic acids is 1. The van der Waals surface area contributed by atoms with Gasteiger partial charge in [0, 0.05) is 12.1 Å². The van der Waals surface area contributed by atoms with E-state index in [0.29, 0.717) is 6.04 Å². The number of hydrogen-bond donors (Lipinski definition) is 0. The van der Waals surface area contributed by atoms with Gasteiger partial charge in [0.05, 0.1) is 0 Å². The standard InChI is InChI=1S/C19H29NO2/c1-15-9-8-12-17(14-13-16-10-6-5-7-11-16)20(15)18(21)22-19(2,3)4/h5-7,10-11,15,17H,8-9,12-14H2,1-4H3/t15-,17+/m0/s1. The summed E-state index contributed by atoms with van der Waals surface area (Å²) in [5.41, 5.74) is 0.906. The highest BCUT2D eigenvalue weighted by atomic mass is 16.6. The molecule has 1 heterocycles. The first kappa shape index (κ1) is 16.9. The smallest absolute Gasteiger partial charge is 0.410 e. The van der Waals surface area contributed by atoms with E-state index in [-0.39, 0.29) is 12.1 Å². The molecule has 2 rings (SSSR count). The van der Waals surface area contributed by atoms with Crippen molar-refractivity contribution in [2.75, 3.05) is 0 Å². The topological polar surface area (TPSA) is 29.5 Å². The van der Waals surface area contributed by atoms with Crippen molar-refractivity contribution in [1.29, 1.82) is 0 Å². The van der Waals surface area contributed by atoms with E-state index in [1.165, 1.54) is 12.0 Å². The van der Waals surface area contributed by atoms with Crippen LogP contribution in [0.1, 0.15) is 58.9 Å². The van der Waals surface area contributed by atoms with Gasteiger partial charge in [0.2, 0.25) is 0 Å². The molecule has 3 heteroatoms. The average Bonchev–Trinajstić information content (AvgIpc) is 2.44. The molecule has 1 aromatic carbocycles. The van der Waals surface area contributed by atoms with Crippen molar-refractivity contribution in [3.05, 3.63) is 35.9 Å². The van der Waals surface area contributed by atoms with E-state index in [0.717, 1.165) is 25.7 Å². The van der Waals surface area contributed by atoms with Crippen molar-refractivity contribution < 1.29 is 9.53 Å². The molecule has 0 radical (unpaired) electrons. The van der Waals surface area contributed by atoms with Crippen LogP contribution in [0.4, 0.5) is 4.79 Å². The third-order valence-electron chi connectivity index (χ3n) is 4.24. The molecule has 22 heavy (non-hydrogen) atoms. The Morgan fingerprint density at radius 2 is 1.91 bits per heavy atom. The summed E-state index contributed by atoms with van der Waals surface area (Å²) in [5.74, 6) is 0. The normalized spacial score (nSPS) is 22.5. The Balaban J connectivity index is 2.01. The van der Waals surface area contributed by atoms with E-state index in [9.17, 15) is 4.79 Å². The second-order valence-electron chi connectivity index (χ2n) is 7.35. The van der Waals surface area contributed by atoms with E-state index in [1.807, 2.05) is 31.7 Å². The van der Waals surface area contributed by atoms with Gasteiger partial charge in [-0.3, -0.25) is 0 Å². The first-order chi connectivity index (χ1) is 10.4. The molecule has 0 aliphatic carbocycles. The number of hydrogen-bond acceptors (Lipinski definition) is 2. The van der Waals surface area contributed by atoms with Crippen LogP contribution in [0.5, 0.6) is 0 Å². The zero-order valence-corrected chi connectivity index (χ0v) is 14.3. The second-order valence-corrected chi connectivity index (χ2v) is 7.35. The summed E-state index contributed by atoms with van der Waals surface area (Å²) in [5, 5.41) is 0. The molecular weight excluding hydrogens is 274 g/mol. The summed E-state index contributed by atoms with van der Waals surface area (Å²) in [6.45, 7) is 7.92. The maximum atomic E-state index is 12.5. The minimum Gasteiger partial charge on any atom is -0.444 e. The van der Waals surface area contributed by atoms with Crippen LogP contribution in [0.3, 0.4) is 0 Å². The Morgan fingerprint density at radius 1 is 1.23 bits per heavy atom. The monoisotopic (exact) mass is 303 g/mol. The summed E-state index contributed by atoms with van der Waals surface area (Å²) >= 11 is 0. The molecule has 1 saturated heterocycles. The molecule has 0 N–H and O–H groups in total. The number of aryl methyl sites for hydroxylation is 1. The van der Waals surface area contributed by atoms with Crippen LogP contribution in [-0.2, 0) is 11.2 Å². The zero-order chi connectivity index (χ0) is 16.2. The van der Waals surface area contributed by atoms with Gasteiger partial charge in [-0.1, -0.05) is 30.3 Å². The van der Waals surface area contributed by atoms with Crippen molar-refractivity contribution in [3.8, 4) is 0 Å². The lowest BCUT2D eigenvalue weighted by molar-refractivity contribution is -0.00390.